The summed E-state index contributed by atoms with van der Waals surface area (Å²) in [6, 6.07) is 6.25. The first kappa shape index (κ1) is 23.6. The van der Waals surface area contributed by atoms with Crippen molar-refractivity contribution in [2.45, 2.75) is 38.8 Å². The topological polar surface area (TPSA) is 82.2 Å². The van der Waals surface area contributed by atoms with Crippen molar-refractivity contribution in [1.82, 2.24) is 20.0 Å². The number of piperazine rings is 1. The summed E-state index contributed by atoms with van der Waals surface area (Å²) >= 11 is 6.05. The molecule has 4 rings (SSSR count). The molecule has 9 heteroatoms. The Kier molecular flexibility index (Phi) is 6.95. The first-order chi connectivity index (χ1) is 15.8. The molecule has 1 saturated heterocycles. The van der Waals surface area contributed by atoms with Crippen LogP contribution < -0.4 is 5.32 Å². The molecular weight excluding hydrogens is 444 g/mol. The van der Waals surface area contributed by atoms with E-state index in [1.807, 2.05) is 4.90 Å². The average molecular weight is 475 g/mol. The number of hydrogen-bond acceptors (Lipinski definition) is 5. The second-order valence-electron chi connectivity index (χ2n) is 8.96. The van der Waals surface area contributed by atoms with Gasteiger partial charge >= 0.3 is 12.0 Å². The van der Waals surface area contributed by atoms with Gasteiger partial charge in [0, 0.05) is 55.9 Å². The smallest absolute Gasteiger partial charge is 0.338 e. The van der Waals surface area contributed by atoms with E-state index in [1.165, 1.54) is 4.90 Å². The summed E-state index contributed by atoms with van der Waals surface area (Å²) in [7, 11) is 1.66. The highest BCUT2D eigenvalue weighted by Crippen LogP contribution is 2.34. The predicted molar refractivity (Wildman–Crippen MR) is 124 cm³/mol. The van der Waals surface area contributed by atoms with Gasteiger partial charge < -0.3 is 15.0 Å². The highest BCUT2D eigenvalue weighted by atomic mass is 35.5. The van der Waals surface area contributed by atoms with E-state index in [0.717, 1.165) is 18.4 Å². The largest absolute Gasteiger partial charge is 0.463 e. The molecule has 0 unspecified atom stereocenters. The van der Waals surface area contributed by atoms with E-state index in [4.69, 9.17) is 16.3 Å². The number of hydrogen-bond donors (Lipinski definition) is 1. The predicted octanol–water partition coefficient (Wildman–Crippen LogP) is 2.80. The molecule has 2 heterocycles. The third-order valence-corrected chi connectivity index (χ3v) is 6.82. The Balaban J connectivity index is 1.62. The van der Waals surface area contributed by atoms with Crippen LogP contribution in [0.1, 0.15) is 38.3 Å². The molecule has 2 fully saturated rings. The lowest BCUT2D eigenvalue weighted by atomic mass is 9.94. The maximum absolute atomic E-state index is 13.1. The molecule has 0 spiro atoms. The average Bonchev–Trinajstić information content (AvgIpc) is 3.62. The van der Waals surface area contributed by atoms with E-state index in [1.54, 1.807) is 38.2 Å². The maximum atomic E-state index is 13.1. The number of benzene rings is 1. The second-order valence-corrected chi connectivity index (χ2v) is 9.40. The van der Waals surface area contributed by atoms with Gasteiger partial charge in [0.1, 0.15) is 0 Å². The number of likely N-dealkylation sites (N-methyl/N-ethyl adjacent to an activating group) is 1. The molecule has 1 saturated carbocycles. The number of ether oxygens (including phenoxy) is 1. The molecule has 178 valence electrons. The summed E-state index contributed by atoms with van der Waals surface area (Å²) in [6.07, 6.45) is 1.99. The molecule has 8 nitrogen and oxygen atoms in total. The minimum atomic E-state index is -0.629. The molecule has 1 aliphatic carbocycles. The summed E-state index contributed by atoms with van der Waals surface area (Å²) < 4.78 is 5.39. The van der Waals surface area contributed by atoms with E-state index in [9.17, 15) is 14.4 Å². The molecule has 1 N–H and O–H groups in total. The van der Waals surface area contributed by atoms with Crippen LogP contribution in [0.2, 0.25) is 5.02 Å². The molecule has 3 aliphatic rings. The Morgan fingerprint density at radius 2 is 1.88 bits per heavy atom. The zero-order chi connectivity index (χ0) is 23.7. The molecule has 1 aromatic rings. The standard InChI is InChI=1S/C24H31ClN4O4/c1-4-33-23(31)20-19(14-28-11-12-29(15(2)13-28)22(30)17-5-6-17)27(3)24(32)26-21(20)16-7-9-18(25)10-8-16/h7-10,15,17,21H,4-6,11-14H2,1-3H3,(H,26,32)/t15-,21+/m1/s1. The van der Waals surface area contributed by atoms with Crippen LogP contribution in [0.4, 0.5) is 4.79 Å². The molecule has 2 aliphatic heterocycles. The van der Waals surface area contributed by atoms with Crippen molar-refractivity contribution < 1.29 is 19.1 Å². The first-order valence-electron chi connectivity index (χ1n) is 11.5. The van der Waals surface area contributed by atoms with Crippen molar-refractivity contribution in [3.05, 3.63) is 46.1 Å². The molecule has 0 aromatic heterocycles. The van der Waals surface area contributed by atoms with Gasteiger partial charge in [0.15, 0.2) is 0 Å². The van der Waals surface area contributed by atoms with Crippen molar-refractivity contribution in [3.63, 3.8) is 0 Å². The third-order valence-electron chi connectivity index (χ3n) is 6.57. The number of carbonyl (C=O) groups excluding carboxylic acids is 3. The zero-order valence-electron chi connectivity index (χ0n) is 19.3. The summed E-state index contributed by atoms with van der Waals surface area (Å²) in [6.45, 7) is 6.48. The van der Waals surface area contributed by atoms with Gasteiger partial charge in [-0.2, -0.15) is 0 Å². The van der Waals surface area contributed by atoms with Crippen molar-refractivity contribution in [2.24, 2.45) is 5.92 Å². The second kappa shape index (κ2) is 9.73. The highest BCUT2D eigenvalue weighted by Gasteiger charge is 2.40. The lowest BCUT2D eigenvalue weighted by molar-refractivity contribution is -0.139. The summed E-state index contributed by atoms with van der Waals surface area (Å²) in [5.74, 6) is 0.00544. The molecular formula is C24H31ClN4O4. The Morgan fingerprint density at radius 3 is 2.48 bits per heavy atom. The fraction of sp³-hybridized carbons (Fsp3) is 0.542. The zero-order valence-corrected chi connectivity index (χ0v) is 20.1. The van der Waals surface area contributed by atoms with Gasteiger partial charge in [-0.05, 0) is 44.4 Å². The minimum Gasteiger partial charge on any atom is -0.463 e. The van der Waals surface area contributed by atoms with Crippen LogP contribution in [0, 0.1) is 5.92 Å². The number of halogens is 1. The highest BCUT2D eigenvalue weighted by molar-refractivity contribution is 6.30. The number of amides is 3. The van der Waals surface area contributed by atoms with Gasteiger partial charge in [-0.3, -0.25) is 14.6 Å². The van der Waals surface area contributed by atoms with Crippen molar-refractivity contribution in [1.29, 1.82) is 0 Å². The van der Waals surface area contributed by atoms with E-state index >= 15 is 0 Å². The van der Waals surface area contributed by atoms with Crippen molar-refractivity contribution in [3.8, 4) is 0 Å². The fourth-order valence-electron chi connectivity index (χ4n) is 4.58. The van der Waals surface area contributed by atoms with Crippen LogP contribution in [0.3, 0.4) is 0 Å². The molecule has 0 bridgehead atoms. The monoisotopic (exact) mass is 474 g/mol. The first-order valence-corrected chi connectivity index (χ1v) is 11.9. The summed E-state index contributed by atoms with van der Waals surface area (Å²) in [5, 5.41) is 3.50. The Bertz CT molecular complexity index is 960. The summed E-state index contributed by atoms with van der Waals surface area (Å²) in [5.41, 5.74) is 1.80. The maximum Gasteiger partial charge on any atom is 0.338 e. The van der Waals surface area contributed by atoms with Gasteiger partial charge in [0.25, 0.3) is 0 Å². The van der Waals surface area contributed by atoms with Gasteiger partial charge in [0.05, 0.1) is 18.2 Å². The SMILES string of the molecule is CCOC(=O)C1=C(CN2CCN(C(=O)C3CC3)[C@H](C)C2)N(C)C(=O)N[C@H]1c1ccc(Cl)cc1. The van der Waals surface area contributed by atoms with Crippen molar-refractivity contribution >= 4 is 29.5 Å². The number of nitrogens with zero attached hydrogens (tertiary/aromatic N) is 3. The van der Waals surface area contributed by atoms with Gasteiger partial charge in [-0.25, -0.2) is 9.59 Å². The van der Waals surface area contributed by atoms with E-state index in [-0.39, 0.29) is 30.5 Å². The number of carbonyl (C=O) groups is 3. The quantitative estimate of drug-likeness (QED) is 0.641. The summed E-state index contributed by atoms with van der Waals surface area (Å²) in [4.78, 5) is 44.2. The van der Waals surface area contributed by atoms with Crippen LogP contribution in [0.15, 0.2) is 35.5 Å². The van der Waals surface area contributed by atoms with E-state index in [0.29, 0.717) is 42.5 Å². The van der Waals surface area contributed by atoms with Crippen LogP contribution in [-0.4, -0.2) is 78.5 Å². The molecule has 2 atom stereocenters. The van der Waals surface area contributed by atoms with Crippen LogP contribution in [0.25, 0.3) is 0 Å². The van der Waals surface area contributed by atoms with Gasteiger partial charge in [-0.15, -0.1) is 0 Å². The number of rotatable bonds is 6. The van der Waals surface area contributed by atoms with Crippen LogP contribution >= 0.6 is 11.6 Å². The molecule has 3 amide bonds. The Labute approximate surface area is 199 Å². The molecule has 33 heavy (non-hydrogen) atoms. The normalized spacial score (nSPS) is 24.1. The minimum absolute atomic E-state index is 0.0771. The van der Waals surface area contributed by atoms with E-state index < -0.39 is 12.0 Å². The molecule has 1 aromatic carbocycles. The lowest BCUT2D eigenvalue weighted by Crippen LogP contribution is -2.56. The van der Waals surface area contributed by atoms with Gasteiger partial charge in [-0.1, -0.05) is 23.7 Å². The number of urea groups is 1. The molecule has 0 radical (unpaired) electrons. The number of esters is 1. The fourth-order valence-corrected chi connectivity index (χ4v) is 4.71. The Morgan fingerprint density at radius 1 is 1.18 bits per heavy atom. The van der Waals surface area contributed by atoms with E-state index in [2.05, 4.69) is 17.1 Å². The van der Waals surface area contributed by atoms with Crippen LogP contribution in [-0.2, 0) is 14.3 Å². The van der Waals surface area contributed by atoms with Gasteiger partial charge in [0.2, 0.25) is 5.91 Å². The third kappa shape index (κ3) is 5.01. The Hall–Kier alpha value is -2.58. The van der Waals surface area contributed by atoms with Crippen LogP contribution in [0.5, 0.6) is 0 Å². The number of nitrogens with one attached hydrogen (secondary N) is 1. The lowest BCUT2D eigenvalue weighted by Gasteiger charge is -2.42. The van der Waals surface area contributed by atoms with Crippen molar-refractivity contribution in [2.75, 3.05) is 39.8 Å².